The Balaban J connectivity index is 0.00000353. The maximum absolute atomic E-state index is 13.5. The SMILES string of the molecule is CCCN1C(=O)[C@H](CC(C)C)NC(=O)C12CCN(Cc1c(C)nn(-c3ccc(S(=O)(=O)NCCN(C)C)cc3)c1C)CC2.Cl.Cl.Cl. The van der Waals surface area contributed by atoms with E-state index in [0.717, 1.165) is 29.1 Å². The maximum Gasteiger partial charge on any atom is 0.246 e. The third kappa shape index (κ3) is 9.15. The van der Waals surface area contributed by atoms with Gasteiger partial charge in [-0.25, -0.2) is 17.8 Å². The van der Waals surface area contributed by atoms with Gasteiger partial charge in [-0.2, -0.15) is 5.10 Å². The summed E-state index contributed by atoms with van der Waals surface area (Å²) in [6.07, 6.45) is 2.67. The summed E-state index contributed by atoms with van der Waals surface area (Å²) in [4.78, 5) is 33.3. The van der Waals surface area contributed by atoms with Crippen LogP contribution in [0.1, 0.15) is 63.4 Å². The second kappa shape index (κ2) is 17.5. The number of nitrogens with one attached hydrogen (secondary N) is 2. The van der Waals surface area contributed by atoms with Crippen LogP contribution in [0.5, 0.6) is 0 Å². The Morgan fingerprint density at radius 3 is 2.22 bits per heavy atom. The number of halogens is 3. The molecule has 0 unspecified atom stereocenters. The molecule has 2 amide bonds. The number of piperazine rings is 1. The number of carbonyl (C=O) groups is 2. The molecule has 15 heteroatoms. The summed E-state index contributed by atoms with van der Waals surface area (Å²) in [6, 6.07) is 6.34. The minimum Gasteiger partial charge on any atom is -0.342 e. The van der Waals surface area contributed by atoms with E-state index in [2.05, 4.69) is 35.7 Å². The van der Waals surface area contributed by atoms with Gasteiger partial charge in [0.1, 0.15) is 11.6 Å². The first-order valence-electron chi connectivity index (χ1n) is 15.4. The van der Waals surface area contributed by atoms with Gasteiger partial charge in [0.25, 0.3) is 0 Å². The smallest absolute Gasteiger partial charge is 0.246 e. The van der Waals surface area contributed by atoms with E-state index in [-0.39, 0.29) is 53.9 Å². The molecule has 2 N–H and O–H groups in total. The molecule has 0 saturated carbocycles. The van der Waals surface area contributed by atoms with Gasteiger partial charge >= 0.3 is 0 Å². The predicted octanol–water partition coefficient (Wildman–Crippen LogP) is 3.71. The number of carbonyl (C=O) groups excluding carboxylic acids is 2. The number of benzene rings is 1. The van der Waals surface area contributed by atoms with Crippen molar-refractivity contribution in [2.24, 2.45) is 5.92 Å². The lowest BCUT2D eigenvalue weighted by atomic mass is 9.80. The van der Waals surface area contributed by atoms with Crippen LogP contribution in [0.3, 0.4) is 0 Å². The average Bonchev–Trinajstić information content (AvgIpc) is 3.23. The molecule has 2 fully saturated rings. The average molecular weight is 725 g/mol. The molecule has 1 aromatic carbocycles. The van der Waals surface area contributed by atoms with Gasteiger partial charge in [-0.05, 0) is 83.8 Å². The van der Waals surface area contributed by atoms with Gasteiger partial charge in [-0.3, -0.25) is 14.5 Å². The third-order valence-electron chi connectivity index (χ3n) is 8.71. The van der Waals surface area contributed by atoms with Crippen LogP contribution < -0.4 is 10.0 Å². The molecule has 0 bridgehead atoms. The number of hydrogen-bond acceptors (Lipinski definition) is 7. The maximum atomic E-state index is 13.5. The Bertz CT molecular complexity index is 1410. The quantitative estimate of drug-likeness (QED) is 0.343. The Kier molecular flexibility index (Phi) is 16.0. The first-order valence-corrected chi connectivity index (χ1v) is 16.9. The number of rotatable bonds is 12. The topological polar surface area (TPSA) is 120 Å². The van der Waals surface area contributed by atoms with Crippen molar-refractivity contribution in [1.29, 1.82) is 0 Å². The standard InChI is InChI=1S/C31H49N7O4S.3ClH/c1-8-16-37-29(39)28(20-22(2)3)33-30(40)31(37)13-17-36(18-14-31)21-27-23(4)34-38(24(27)5)25-9-11-26(12-10-25)43(41,42)32-15-19-35(6)7;;;/h9-12,22,28,32H,8,13-21H2,1-7H3,(H,33,40);3*1H/t28-;;;/m0.../s1. The fraction of sp³-hybridized carbons (Fsp3) is 0.645. The molecule has 4 rings (SSSR count). The number of likely N-dealkylation sites (tertiary alicyclic amines) is 1. The largest absolute Gasteiger partial charge is 0.342 e. The zero-order chi connectivity index (χ0) is 31.5. The Hall–Kier alpha value is -1.93. The highest BCUT2D eigenvalue weighted by atomic mass is 35.5. The van der Waals surface area contributed by atoms with Crippen molar-refractivity contribution in [1.82, 2.24) is 34.5 Å². The number of aryl methyl sites for hydroxylation is 1. The molecule has 1 aromatic heterocycles. The van der Waals surface area contributed by atoms with Gasteiger partial charge in [0.2, 0.25) is 21.8 Å². The zero-order valence-electron chi connectivity index (χ0n) is 28.0. The van der Waals surface area contributed by atoms with Gasteiger partial charge in [0, 0.05) is 50.5 Å². The summed E-state index contributed by atoms with van der Waals surface area (Å²) in [5.41, 5.74) is 3.03. The second-order valence-electron chi connectivity index (χ2n) is 12.7. The van der Waals surface area contributed by atoms with Gasteiger partial charge in [0.15, 0.2) is 0 Å². The van der Waals surface area contributed by atoms with Crippen LogP contribution in [0.25, 0.3) is 5.69 Å². The summed E-state index contributed by atoms with van der Waals surface area (Å²) in [6.45, 7) is 13.9. The summed E-state index contributed by atoms with van der Waals surface area (Å²) >= 11 is 0. The van der Waals surface area contributed by atoms with Gasteiger partial charge in [-0.15, -0.1) is 37.2 Å². The van der Waals surface area contributed by atoms with Gasteiger partial charge < -0.3 is 15.1 Å². The second-order valence-corrected chi connectivity index (χ2v) is 14.5. The lowest BCUT2D eigenvalue weighted by molar-refractivity contribution is -0.161. The molecule has 262 valence electrons. The normalized spacial score (nSPS) is 18.3. The molecule has 0 aliphatic carbocycles. The molecule has 1 atom stereocenters. The number of piperidine rings is 1. The number of nitrogens with zero attached hydrogens (tertiary/aromatic N) is 5. The Morgan fingerprint density at radius 1 is 1.07 bits per heavy atom. The lowest BCUT2D eigenvalue weighted by Crippen LogP contribution is -2.73. The monoisotopic (exact) mass is 723 g/mol. The molecule has 3 heterocycles. The highest BCUT2D eigenvalue weighted by Gasteiger charge is 2.53. The van der Waals surface area contributed by atoms with Crippen LogP contribution in [0, 0.1) is 19.8 Å². The van der Waals surface area contributed by atoms with Crippen molar-refractivity contribution in [3.63, 3.8) is 0 Å². The minimum absolute atomic E-state index is 0. The van der Waals surface area contributed by atoms with Crippen molar-refractivity contribution in [3.05, 3.63) is 41.2 Å². The van der Waals surface area contributed by atoms with E-state index in [1.54, 1.807) is 24.3 Å². The van der Waals surface area contributed by atoms with Crippen LogP contribution in [0.2, 0.25) is 0 Å². The fourth-order valence-electron chi connectivity index (χ4n) is 6.27. The number of aromatic nitrogens is 2. The molecule has 11 nitrogen and oxygen atoms in total. The number of likely N-dealkylation sites (N-methyl/N-ethyl adjacent to an activating group) is 1. The molecular weight excluding hydrogens is 673 g/mol. The summed E-state index contributed by atoms with van der Waals surface area (Å²) < 4.78 is 29.8. The molecule has 2 aromatic rings. The molecular formula is C31H52Cl3N7O4S. The van der Waals surface area contributed by atoms with Gasteiger partial charge in [0.05, 0.1) is 16.3 Å². The number of hydrogen-bond donors (Lipinski definition) is 2. The van der Waals surface area contributed by atoms with E-state index in [4.69, 9.17) is 5.10 Å². The van der Waals surface area contributed by atoms with E-state index in [1.807, 2.05) is 42.4 Å². The van der Waals surface area contributed by atoms with Crippen molar-refractivity contribution in [2.75, 3.05) is 46.8 Å². The van der Waals surface area contributed by atoms with E-state index in [1.165, 1.54) is 0 Å². The summed E-state index contributed by atoms with van der Waals surface area (Å²) in [5.74, 6) is 0.367. The highest BCUT2D eigenvalue weighted by Crippen LogP contribution is 2.35. The van der Waals surface area contributed by atoms with Crippen molar-refractivity contribution in [2.45, 2.75) is 83.3 Å². The van der Waals surface area contributed by atoms with Crippen LogP contribution in [-0.2, 0) is 26.2 Å². The number of amides is 2. The number of sulfonamides is 1. The van der Waals surface area contributed by atoms with Crippen LogP contribution in [-0.4, -0.2) is 103 Å². The fourth-order valence-corrected chi connectivity index (χ4v) is 7.29. The first-order chi connectivity index (χ1) is 20.3. The van der Waals surface area contributed by atoms with E-state index in [9.17, 15) is 18.0 Å². The van der Waals surface area contributed by atoms with Crippen LogP contribution >= 0.6 is 37.2 Å². The molecule has 2 saturated heterocycles. The Labute approximate surface area is 293 Å². The molecule has 1 spiro atoms. The summed E-state index contributed by atoms with van der Waals surface area (Å²) in [7, 11) is 0.206. The van der Waals surface area contributed by atoms with E-state index < -0.39 is 21.6 Å². The summed E-state index contributed by atoms with van der Waals surface area (Å²) in [5, 5.41) is 7.86. The predicted molar refractivity (Wildman–Crippen MR) is 189 cm³/mol. The van der Waals surface area contributed by atoms with Crippen molar-refractivity contribution < 1.29 is 18.0 Å². The van der Waals surface area contributed by atoms with Crippen molar-refractivity contribution >= 4 is 59.1 Å². The van der Waals surface area contributed by atoms with Crippen molar-refractivity contribution in [3.8, 4) is 5.69 Å². The lowest BCUT2D eigenvalue weighted by Gasteiger charge is -2.52. The van der Waals surface area contributed by atoms with E-state index >= 15 is 0 Å². The Morgan fingerprint density at radius 2 is 1.67 bits per heavy atom. The third-order valence-corrected chi connectivity index (χ3v) is 10.2. The zero-order valence-corrected chi connectivity index (χ0v) is 31.3. The molecule has 46 heavy (non-hydrogen) atoms. The molecule has 2 aliphatic heterocycles. The molecule has 0 radical (unpaired) electrons. The first kappa shape index (κ1) is 42.1. The van der Waals surface area contributed by atoms with Crippen LogP contribution in [0.4, 0.5) is 0 Å². The van der Waals surface area contributed by atoms with Gasteiger partial charge in [-0.1, -0.05) is 20.8 Å². The minimum atomic E-state index is -3.59. The highest BCUT2D eigenvalue weighted by molar-refractivity contribution is 7.89. The molecule has 2 aliphatic rings. The van der Waals surface area contributed by atoms with Crippen LogP contribution in [0.15, 0.2) is 29.2 Å². The van der Waals surface area contributed by atoms with E-state index in [0.29, 0.717) is 64.4 Å².